The maximum atomic E-state index is 13.7. The number of hydrogen-bond acceptors (Lipinski definition) is 5. The van der Waals surface area contributed by atoms with E-state index in [0.717, 1.165) is 58.6 Å². The average molecular weight is 463 g/mol. The van der Waals surface area contributed by atoms with Gasteiger partial charge in [0, 0.05) is 42.5 Å². The highest BCUT2D eigenvalue weighted by Gasteiger charge is 2.28. The van der Waals surface area contributed by atoms with Crippen molar-refractivity contribution < 1.29 is 14.3 Å². The highest BCUT2D eigenvalue weighted by atomic mass is 35.5. The summed E-state index contributed by atoms with van der Waals surface area (Å²) in [5.74, 6) is 1.17. The van der Waals surface area contributed by atoms with Crippen molar-refractivity contribution in [2.24, 2.45) is 0 Å². The van der Waals surface area contributed by atoms with Gasteiger partial charge in [-0.3, -0.25) is 14.2 Å². The molecular weight excluding hydrogens is 440 g/mol. The van der Waals surface area contributed by atoms with Crippen LogP contribution in [0.3, 0.4) is 0 Å². The molecule has 0 bridgehead atoms. The van der Waals surface area contributed by atoms with Crippen LogP contribution in [0.5, 0.6) is 0 Å². The summed E-state index contributed by atoms with van der Waals surface area (Å²) in [4.78, 5) is 24.9. The molecule has 2 aromatic carbocycles. The maximum Gasteiger partial charge on any atom is 0.258 e. The van der Waals surface area contributed by atoms with Crippen molar-refractivity contribution in [2.45, 2.75) is 25.4 Å². The molecule has 0 aliphatic carbocycles. The summed E-state index contributed by atoms with van der Waals surface area (Å²) in [7, 11) is 1.64. The number of nitrogens with zero attached hydrogens (tertiary/aromatic N) is 4. The zero-order chi connectivity index (χ0) is 22.5. The third-order valence-electron chi connectivity index (χ3n) is 6.60. The minimum Gasteiger partial charge on any atom is -0.381 e. The molecule has 0 radical (unpaired) electrons. The number of benzene rings is 2. The summed E-state index contributed by atoms with van der Waals surface area (Å²) in [6, 6.07) is 9.59. The number of amides is 1. The van der Waals surface area contributed by atoms with Crippen molar-refractivity contribution in [3.63, 3.8) is 0 Å². The van der Waals surface area contributed by atoms with Crippen LogP contribution in [0.4, 0.5) is 5.69 Å². The summed E-state index contributed by atoms with van der Waals surface area (Å²) < 4.78 is 13.2. The van der Waals surface area contributed by atoms with Crippen LogP contribution in [0.2, 0.25) is 5.02 Å². The Morgan fingerprint density at radius 3 is 2.94 bits per heavy atom. The van der Waals surface area contributed by atoms with Gasteiger partial charge in [0.1, 0.15) is 5.82 Å². The number of ether oxygens (including phenoxy) is 2. The molecule has 7 nitrogen and oxygen atoms in total. The lowest BCUT2D eigenvalue weighted by Crippen LogP contribution is -2.30. The first-order valence-electron chi connectivity index (χ1n) is 11.1. The third kappa shape index (κ3) is 3.39. The van der Waals surface area contributed by atoms with Gasteiger partial charge in [0.15, 0.2) is 0 Å². The van der Waals surface area contributed by atoms with Crippen LogP contribution in [0.15, 0.2) is 42.7 Å². The second kappa shape index (κ2) is 8.09. The number of carbonyl (C=O) groups is 1. The fourth-order valence-corrected chi connectivity index (χ4v) is 5.19. The van der Waals surface area contributed by atoms with Crippen LogP contribution in [0, 0.1) is 0 Å². The van der Waals surface area contributed by atoms with Gasteiger partial charge in [0.25, 0.3) is 5.91 Å². The van der Waals surface area contributed by atoms with Crippen LogP contribution in [-0.2, 0) is 22.5 Å². The van der Waals surface area contributed by atoms with Crippen molar-refractivity contribution in [1.29, 1.82) is 0 Å². The highest BCUT2D eigenvalue weighted by Crippen LogP contribution is 2.33. The normalized spacial score (nSPS) is 17.9. The first kappa shape index (κ1) is 20.6. The maximum absolute atomic E-state index is 13.7. The lowest BCUT2D eigenvalue weighted by molar-refractivity contribution is 0.0984. The largest absolute Gasteiger partial charge is 0.381 e. The molecule has 2 aromatic heterocycles. The molecule has 1 unspecified atom stereocenters. The van der Waals surface area contributed by atoms with E-state index in [1.807, 2.05) is 47.6 Å². The van der Waals surface area contributed by atoms with Crippen molar-refractivity contribution in [3.05, 3.63) is 70.3 Å². The van der Waals surface area contributed by atoms with E-state index in [1.54, 1.807) is 7.11 Å². The quantitative estimate of drug-likeness (QED) is 0.450. The molecule has 0 N–H and O–H groups in total. The Hall–Kier alpha value is -3.00. The topological polar surface area (TPSA) is 69.0 Å². The Morgan fingerprint density at radius 1 is 1.24 bits per heavy atom. The summed E-state index contributed by atoms with van der Waals surface area (Å²) in [5.41, 5.74) is 6.03. The number of imidazole rings is 1. The van der Waals surface area contributed by atoms with Gasteiger partial charge in [-0.15, -0.1) is 0 Å². The summed E-state index contributed by atoms with van der Waals surface area (Å²) in [6.45, 7) is 2.37. The van der Waals surface area contributed by atoms with Gasteiger partial charge >= 0.3 is 0 Å². The van der Waals surface area contributed by atoms with E-state index in [-0.39, 0.29) is 11.8 Å². The molecular formula is C25H23ClN4O3. The Kier molecular flexibility index (Phi) is 5.05. The first-order chi connectivity index (χ1) is 16.1. The van der Waals surface area contributed by atoms with Crippen LogP contribution >= 0.6 is 11.6 Å². The van der Waals surface area contributed by atoms with Crippen molar-refractivity contribution in [3.8, 4) is 0 Å². The van der Waals surface area contributed by atoms with E-state index in [2.05, 4.69) is 14.4 Å². The van der Waals surface area contributed by atoms with Crippen molar-refractivity contribution >= 4 is 39.7 Å². The van der Waals surface area contributed by atoms with Crippen LogP contribution in [0.25, 0.3) is 16.6 Å². The van der Waals surface area contributed by atoms with Gasteiger partial charge < -0.3 is 14.4 Å². The summed E-state index contributed by atoms with van der Waals surface area (Å²) in [6.07, 6.45) is 5.39. The molecule has 2 aliphatic rings. The zero-order valence-electron chi connectivity index (χ0n) is 18.3. The van der Waals surface area contributed by atoms with E-state index in [1.165, 1.54) is 0 Å². The molecule has 0 spiro atoms. The van der Waals surface area contributed by atoms with Crippen molar-refractivity contribution in [2.75, 3.05) is 31.8 Å². The molecule has 33 heavy (non-hydrogen) atoms. The number of fused-ring (bicyclic) bond motifs is 4. The predicted octanol–water partition coefficient (Wildman–Crippen LogP) is 4.39. The number of carbonyl (C=O) groups excluding carboxylic acids is 1. The van der Waals surface area contributed by atoms with E-state index in [0.29, 0.717) is 30.3 Å². The van der Waals surface area contributed by atoms with Gasteiger partial charge in [-0.25, -0.2) is 4.98 Å². The molecule has 168 valence electrons. The smallest absolute Gasteiger partial charge is 0.258 e. The minimum atomic E-state index is -0.0537. The Balaban J connectivity index is 1.49. The van der Waals surface area contributed by atoms with Crippen LogP contribution < -0.4 is 4.90 Å². The molecule has 1 atom stereocenters. The lowest BCUT2D eigenvalue weighted by Gasteiger charge is -2.20. The number of aromatic nitrogens is 3. The number of rotatable bonds is 4. The second-order valence-corrected chi connectivity index (χ2v) is 9.04. The molecule has 4 aromatic rings. The second-order valence-electron chi connectivity index (χ2n) is 8.61. The van der Waals surface area contributed by atoms with Gasteiger partial charge in [-0.05, 0) is 54.3 Å². The van der Waals surface area contributed by atoms with E-state index >= 15 is 0 Å². The minimum absolute atomic E-state index is 0.0537. The number of methoxy groups -OCH3 is 1. The number of anilines is 1. The average Bonchev–Trinajstić information content (AvgIpc) is 3.57. The Labute approximate surface area is 195 Å². The van der Waals surface area contributed by atoms with E-state index in [4.69, 9.17) is 21.1 Å². The number of halogens is 1. The molecule has 6 rings (SSSR count). The van der Waals surface area contributed by atoms with Crippen molar-refractivity contribution in [1.82, 2.24) is 14.4 Å². The molecule has 4 heterocycles. The van der Waals surface area contributed by atoms with Gasteiger partial charge in [0.05, 0.1) is 42.2 Å². The van der Waals surface area contributed by atoms with Gasteiger partial charge in [-0.1, -0.05) is 11.6 Å². The Morgan fingerprint density at radius 2 is 2.12 bits per heavy atom. The third-order valence-corrected chi connectivity index (χ3v) is 6.84. The molecule has 1 saturated heterocycles. The van der Waals surface area contributed by atoms with Gasteiger partial charge in [0.2, 0.25) is 0 Å². The van der Waals surface area contributed by atoms with E-state index < -0.39 is 0 Å². The van der Waals surface area contributed by atoms with Gasteiger partial charge in [-0.2, -0.15) is 0 Å². The number of hydrogen-bond donors (Lipinski definition) is 0. The molecule has 2 aliphatic heterocycles. The fourth-order valence-electron chi connectivity index (χ4n) is 5.00. The fraction of sp³-hybridized carbons (Fsp3) is 0.320. The Bertz CT molecular complexity index is 1390. The molecule has 0 saturated carbocycles. The lowest BCUT2D eigenvalue weighted by atomic mass is 10.0. The molecule has 8 heteroatoms. The molecule has 1 fully saturated rings. The standard InChI is InChI=1S/C25H23ClN4O3/c1-32-13-17-9-23-21(27-11-19-12-28-24(30(19)23)16-5-7-33-14-16)10-20(17)25(31)29-6-4-15-8-18(26)2-3-22(15)29/h2-3,8-12,16H,4-7,13-14H2,1H3. The zero-order valence-corrected chi connectivity index (χ0v) is 19.0. The van der Waals surface area contributed by atoms with Crippen LogP contribution in [-0.4, -0.2) is 47.1 Å². The van der Waals surface area contributed by atoms with E-state index in [9.17, 15) is 4.79 Å². The van der Waals surface area contributed by atoms with Crippen LogP contribution in [0.1, 0.15) is 39.6 Å². The monoisotopic (exact) mass is 462 g/mol. The SMILES string of the molecule is COCc1cc2c(cc1C(=O)N1CCc3cc(Cl)ccc31)ncc1cnc(C3CCOC3)n12. The molecule has 1 amide bonds. The highest BCUT2D eigenvalue weighted by molar-refractivity contribution is 6.30. The summed E-state index contributed by atoms with van der Waals surface area (Å²) in [5, 5.41) is 0.686. The predicted molar refractivity (Wildman–Crippen MR) is 126 cm³/mol. The summed E-state index contributed by atoms with van der Waals surface area (Å²) >= 11 is 6.15. The first-order valence-corrected chi connectivity index (χ1v) is 11.5.